The van der Waals surface area contributed by atoms with E-state index in [9.17, 15) is 0 Å². The van der Waals surface area contributed by atoms with Crippen LogP contribution in [0.5, 0.6) is 0 Å². The summed E-state index contributed by atoms with van der Waals surface area (Å²) in [6.45, 7) is 2.90. The lowest BCUT2D eigenvalue weighted by Crippen LogP contribution is -2.21. The molecule has 5 nitrogen and oxygen atoms in total. The summed E-state index contributed by atoms with van der Waals surface area (Å²) in [5, 5.41) is 12.5. The van der Waals surface area contributed by atoms with E-state index in [0.29, 0.717) is 6.54 Å². The molecule has 0 aliphatic carbocycles. The van der Waals surface area contributed by atoms with Gasteiger partial charge in [-0.1, -0.05) is 12.1 Å². The Morgan fingerprint density at radius 2 is 1.88 bits per heavy atom. The van der Waals surface area contributed by atoms with E-state index in [-0.39, 0.29) is 12.6 Å². The molecule has 0 radical (unpaired) electrons. The minimum Gasteiger partial charge on any atom is -0.395 e. The van der Waals surface area contributed by atoms with Crippen molar-refractivity contribution < 1.29 is 5.11 Å². The number of likely N-dealkylation sites (N-methyl/N-ethyl adjacent to an activating group) is 1. The van der Waals surface area contributed by atoms with E-state index < -0.39 is 0 Å². The molecule has 0 spiro atoms. The average molecular weight is 324 g/mol. The van der Waals surface area contributed by atoms with Gasteiger partial charge in [0.25, 0.3) is 0 Å². The third-order valence-corrected chi connectivity index (χ3v) is 4.34. The van der Waals surface area contributed by atoms with Crippen LogP contribution < -0.4 is 10.2 Å². The van der Waals surface area contributed by atoms with Crippen molar-refractivity contribution in [2.75, 3.05) is 30.4 Å². The number of aromatic nitrogens is 2. The molecule has 5 heteroatoms. The van der Waals surface area contributed by atoms with Gasteiger partial charge >= 0.3 is 0 Å². The van der Waals surface area contributed by atoms with Crippen molar-refractivity contribution in [3.8, 4) is 0 Å². The van der Waals surface area contributed by atoms with Gasteiger partial charge in [-0.2, -0.15) is 0 Å². The molecule has 3 aromatic rings. The molecule has 2 aromatic carbocycles. The number of benzene rings is 2. The second-order valence-electron chi connectivity index (χ2n) is 6.08. The van der Waals surface area contributed by atoms with Gasteiger partial charge in [-0.25, -0.2) is 4.98 Å². The summed E-state index contributed by atoms with van der Waals surface area (Å²) in [6, 6.07) is 16.5. The van der Waals surface area contributed by atoms with Crippen LogP contribution in [0.15, 0.2) is 48.5 Å². The van der Waals surface area contributed by atoms with E-state index >= 15 is 0 Å². The summed E-state index contributed by atoms with van der Waals surface area (Å²) in [6.07, 6.45) is 0. The predicted octanol–water partition coefficient (Wildman–Crippen LogP) is 3.17. The number of rotatable bonds is 6. The standard InChI is InChI=1S/C19H24N4O/c1-14(19-21-17-6-4-5-7-18(17)23(19)3)20-15-8-10-16(11-9-15)22(2)12-13-24/h4-11,14,20,24H,12-13H2,1-3H3. The molecule has 126 valence electrons. The number of imidazole rings is 1. The summed E-state index contributed by atoms with van der Waals surface area (Å²) in [4.78, 5) is 6.77. The number of aliphatic hydroxyl groups excluding tert-OH is 1. The first-order valence-corrected chi connectivity index (χ1v) is 8.20. The molecule has 0 amide bonds. The van der Waals surface area contributed by atoms with Gasteiger partial charge in [0.2, 0.25) is 0 Å². The Kier molecular flexibility index (Phi) is 4.71. The molecule has 1 heterocycles. The zero-order chi connectivity index (χ0) is 17.1. The normalized spacial score (nSPS) is 12.3. The molecule has 1 aromatic heterocycles. The third kappa shape index (κ3) is 3.21. The lowest BCUT2D eigenvalue weighted by molar-refractivity contribution is 0.304. The number of aliphatic hydroxyl groups is 1. The zero-order valence-corrected chi connectivity index (χ0v) is 14.4. The summed E-state index contributed by atoms with van der Waals surface area (Å²) in [5.74, 6) is 1.01. The molecule has 0 aliphatic rings. The highest BCUT2D eigenvalue weighted by Gasteiger charge is 2.14. The van der Waals surface area contributed by atoms with Crippen LogP contribution in [0.2, 0.25) is 0 Å². The topological polar surface area (TPSA) is 53.3 Å². The second kappa shape index (κ2) is 6.93. The minimum atomic E-state index is 0.100. The number of aryl methyl sites for hydroxylation is 1. The largest absolute Gasteiger partial charge is 0.395 e. The summed E-state index contributed by atoms with van der Waals surface area (Å²) >= 11 is 0. The Hall–Kier alpha value is -2.53. The Labute approximate surface area is 142 Å². The monoisotopic (exact) mass is 324 g/mol. The van der Waals surface area contributed by atoms with E-state index in [1.165, 1.54) is 0 Å². The van der Waals surface area contributed by atoms with Crippen LogP contribution in [0.1, 0.15) is 18.8 Å². The highest BCUT2D eigenvalue weighted by atomic mass is 16.3. The first-order valence-electron chi connectivity index (χ1n) is 8.20. The Morgan fingerprint density at radius 3 is 2.54 bits per heavy atom. The molecule has 0 fully saturated rings. The van der Waals surface area contributed by atoms with E-state index in [0.717, 1.165) is 28.2 Å². The van der Waals surface area contributed by atoms with Gasteiger partial charge < -0.3 is 19.9 Å². The molecule has 3 rings (SSSR count). The summed E-state index contributed by atoms with van der Waals surface area (Å²) < 4.78 is 2.14. The van der Waals surface area contributed by atoms with Crippen LogP contribution in [0.4, 0.5) is 11.4 Å². The number of hydrogen-bond acceptors (Lipinski definition) is 4. The second-order valence-corrected chi connectivity index (χ2v) is 6.08. The van der Waals surface area contributed by atoms with Crippen molar-refractivity contribution in [1.82, 2.24) is 9.55 Å². The molecule has 0 bridgehead atoms. The zero-order valence-electron chi connectivity index (χ0n) is 14.4. The fourth-order valence-electron chi connectivity index (χ4n) is 2.96. The maximum atomic E-state index is 9.02. The smallest absolute Gasteiger partial charge is 0.131 e. The third-order valence-electron chi connectivity index (χ3n) is 4.34. The maximum absolute atomic E-state index is 9.02. The van der Waals surface area contributed by atoms with Gasteiger partial charge in [0.05, 0.1) is 23.7 Å². The molecule has 0 aliphatic heterocycles. The molecule has 24 heavy (non-hydrogen) atoms. The van der Waals surface area contributed by atoms with Crippen molar-refractivity contribution in [3.05, 3.63) is 54.4 Å². The lowest BCUT2D eigenvalue weighted by Gasteiger charge is -2.19. The van der Waals surface area contributed by atoms with Crippen LogP contribution in [0.3, 0.4) is 0 Å². The minimum absolute atomic E-state index is 0.100. The molecule has 2 N–H and O–H groups in total. The van der Waals surface area contributed by atoms with Gasteiger partial charge in [0.15, 0.2) is 0 Å². The van der Waals surface area contributed by atoms with Crippen LogP contribution >= 0.6 is 0 Å². The van der Waals surface area contributed by atoms with Crippen molar-refractivity contribution in [3.63, 3.8) is 0 Å². The van der Waals surface area contributed by atoms with Crippen LogP contribution in [-0.2, 0) is 7.05 Å². The fourth-order valence-corrected chi connectivity index (χ4v) is 2.96. The lowest BCUT2D eigenvalue weighted by atomic mass is 10.2. The molecular weight excluding hydrogens is 300 g/mol. The first kappa shape index (κ1) is 16.3. The predicted molar refractivity (Wildman–Crippen MR) is 99.5 cm³/mol. The van der Waals surface area contributed by atoms with E-state index in [2.05, 4.69) is 54.2 Å². The fraction of sp³-hybridized carbons (Fsp3) is 0.316. The molecule has 1 atom stereocenters. The van der Waals surface area contributed by atoms with Gasteiger partial charge in [0, 0.05) is 32.0 Å². The molecule has 1 unspecified atom stereocenters. The van der Waals surface area contributed by atoms with E-state index in [4.69, 9.17) is 10.1 Å². The van der Waals surface area contributed by atoms with Gasteiger partial charge in [0.1, 0.15) is 5.82 Å². The van der Waals surface area contributed by atoms with Crippen molar-refractivity contribution >= 4 is 22.4 Å². The van der Waals surface area contributed by atoms with E-state index in [1.54, 1.807) is 0 Å². The van der Waals surface area contributed by atoms with Gasteiger partial charge in [-0.3, -0.25) is 0 Å². The Balaban J connectivity index is 1.76. The number of nitrogens with zero attached hydrogens (tertiary/aromatic N) is 3. The summed E-state index contributed by atoms with van der Waals surface area (Å²) in [7, 11) is 4.02. The van der Waals surface area contributed by atoms with Gasteiger partial charge in [-0.15, -0.1) is 0 Å². The van der Waals surface area contributed by atoms with Gasteiger partial charge in [-0.05, 0) is 43.3 Å². The van der Waals surface area contributed by atoms with Crippen LogP contribution in [0, 0.1) is 0 Å². The number of para-hydroxylation sites is 2. The molecular formula is C19H24N4O. The SMILES string of the molecule is CC(Nc1ccc(N(C)CCO)cc1)c1nc2ccccc2n1C. The van der Waals surface area contributed by atoms with Crippen molar-refractivity contribution in [1.29, 1.82) is 0 Å². The number of fused-ring (bicyclic) bond motifs is 1. The molecule has 0 saturated carbocycles. The highest BCUT2D eigenvalue weighted by Crippen LogP contribution is 2.24. The average Bonchev–Trinajstić information content (AvgIpc) is 2.93. The van der Waals surface area contributed by atoms with Crippen molar-refractivity contribution in [2.24, 2.45) is 7.05 Å². The van der Waals surface area contributed by atoms with Crippen LogP contribution in [0.25, 0.3) is 11.0 Å². The number of hydrogen-bond donors (Lipinski definition) is 2. The first-order chi connectivity index (χ1) is 11.6. The number of anilines is 2. The molecule has 0 saturated heterocycles. The Bertz CT molecular complexity index is 810. The van der Waals surface area contributed by atoms with Crippen LogP contribution in [-0.4, -0.2) is 34.9 Å². The van der Waals surface area contributed by atoms with E-state index in [1.807, 2.05) is 30.1 Å². The Morgan fingerprint density at radius 1 is 1.17 bits per heavy atom. The number of nitrogens with one attached hydrogen (secondary N) is 1. The quantitative estimate of drug-likeness (QED) is 0.731. The summed E-state index contributed by atoms with van der Waals surface area (Å²) in [5.41, 5.74) is 4.30. The maximum Gasteiger partial charge on any atom is 0.131 e. The van der Waals surface area contributed by atoms with Crippen molar-refractivity contribution in [2.45, 2.75) is 13.0 Å². The highest BCUT2D eigenvalue weighted by molar-refractivity contribution is 5.76.